The van der Waals surface area contributed by atoms with E-state index >= 15 is 0 Å². The number of hydrogen-bond donors (Lipinski definition) is 2. The van der Waals surface area contributed by atoms with Crippen LogP contribution in [0.5, 0.6) is 0 Å². The molecule has 0 radical (unpaired) electrons. The van der Waals surface area contributed by atoms with Gasteiger partial charge in [0.15, 0.2) is 0 Å². The second-order valence-corrected chi connectivity index (χ2v) is 5.61. The molecule has 0 aliphatic heterocycles. The molecular formula is C10H17N5OS. The van der Waals surface area contributed by atoms with E-state index in [1.165, 1.54) is 6.42 Å². The van der Waals surface area contributed by atoms with Crippen molar-refractivity contribution in [2.24, 2.45) is 0 Å². The maximum absolute atomic E-state index is 11.8. The number of rotatable bonds is 4. The minimum absolute atomic E-state index is 0.117. The molecule has 0 saturated heterocycles. The summed E-state index contributed by atoms with van der Waals surface area (Å²) in [6.07, 6.45) is 3.47. The molecule has 6 nitrogen and oxygen atoms in total. The molecule has 3 N–H and O–H groups in total. The average molecular weight is 255 g/mol. The smallest absolute Gasteiger partial charge is 0.282 e. The van der Waals surface area contributed by atoms with Crippen molar-refractivity contribution in [2.75, 3.05) is 26.4 Å². The van der Waals surface area contributed by atoms with Gasteiger partial charge in [-0.3, -0.25) is 4.79 Å². The zero-order chi connectivity index (χ0) is 12.5. The van der Waals surface area contributed by atoms with Crippen LogP contribution in [0.15, 0.2) is 0 Å². The van der Waals surface area contributed by atoms with Gasteiger partial charge in [0.2, 0.25) is 10.1 Å². The molecule has 94 valence electrons. The van der Waals surface area contributed by atoms with Gasteiger partial charge in [0, 0.05) is 12.1 Å². The monoisotopic (exact) mass is 255 g/mol. The van der Waals surface area contributed by atoms with Gasteiger partial charge in [0.1, 0.15) is 0 Å². The van der Waals surface area contributed by atoms with Crippen LogP contribution in [0.1, 0.15) is 29.1 Å². The molecule has 1 saturated carbocycles. The van der Waals surface area contributed by atoms with E-state index in [2.05, 4.69) is 20.4 Å². The van der Waals surface area contributed by atoms with Gasteiger partial charge in [0.05, 0.1) is 0 Å². The number of nitrogens with one attached hydrogen (secondary N) is 1. The van der Waals surface area contributed by atoms with Crippen molar-refractivity contribution < 1.29 is 4.79 Å². The Bertz CT molecular complexity index is 413. The van der Waals surface area contributed by atoms with Crippen molar-refractivity contribution in [3.05, 3.63) is 5.01 Å². The highest BCUT2D eigenvalue weighted by atomic mass is 32.1. The van der Waals surface area contributed by atoms with Crippen LogP contribution in [0, 0.1) is 0 Å². The molecule has 1 heterocycles. The highest BCUT2D eigenvalue weighted by molar-refractivity contribution is 7.16. The Labute approximate surface area is 104 Å². The van der Waals surface area contributed by atoms with Gasteiger partial charge in [-0.05, 0) is 33.4 Å². The molecule has 1 aliphatic rings. The molecule has 7 heteroatoms. The Hall–Kier alpha value is -1.21. The summed E-state index contributed by atoms with van der Waals surface area (Å²) in [7, 11) is 4.10. The van der Waals surface area contributed by atoms with E-state index in [1.807, 2.05) is 14.1 Å². The lowest BCUT2D eigenvalue weighted by Crippen LogP contribution is -2.57. The molecule has 17 heavy (non-hydrogen) atoms. The van der Waals surface area contributed by atoms with Gasteiger partial charge in [-0.15, -0.1) is 10.2 Å². The van der Waals surface area contributed by atoms with E-state index in [9.17, 15) is 4.79 Å². The number of anilines is 1. The summed E-state index contributed by atoms with van der Waals surface area (Å²) in [5.74, 6) is -0.188. The van der Waals surface area contributed by atoms with Crippen molar-refractivity contribution in [3.63, 3.8) is 0 Å². The van der Waals surface area contributed by atoms with E-state index in [1.54, 1.807) is 0 Å². The second kappa shape index (κ2) is 4.58. The SMILES string of the molecule is CN(C)C1(CNC(=O)c2nnc(N)s2)CCC1. The maximum Gasteiger partial charge on any atom is 0.282 e. The van der Waals surface area contributed by atoms with E-state index in [-0.39, 0.29) is 11.4 Å². The molecule has 1 aromatic rings. The van der Waals surface area contributed by atoms with E-state index in [0.717, 1.165) is 24.2 Å². The predicted molar refractivity (Wildman–Crippen MR) is 66.9 cm³/mol. The Morgan fingerprint density at radius 3 is 2.65 bits per heavy atom. The van der Waals surface area contributed by atoms with Crippen LogP contribution in [0.3, 0.4) is 0 Å². The lowest BCUT2D eigenvalue weighted by Gasteiger charge is -2.47. The average Bonchev–Trinajstić information content (AvgIpc) is 2.62. The zero-order valence-electron chi connectivity index (χ0n) is 10.1. The Balaban J connectivity index is 1.92. The first-order valence-electron chi connectivity index (χ1n) is 5.58. The minimum Gasteiger partial charge on any atom is -0.374 e. The fourth-order valence-electron chi connectivity index (χ4n) is 2.01. The van der Waals surface area contributed by atoms with Crippen LogP contribution >= 0.6 is 11.3 Å². The van der Waals surface area contributed by atoms with Crippen LogP contribution in [0.25, 0.3) is 0 Å². The highest BCUT2D eigenvalue weighted by Crippen LogP contribution is 2.35. The lowest BCUT2D eigenvalue weighted by molar-refractivity contribution is 0.0557. The van der Waals surface area contributed by atoms with Gasteiger partial charge in [-0.25, -0.2) is 0 Å². The molecule has 1 aliphatic carbocycles. The van der Waals surface area contributed by atoms with Crippen LogP contribution in [-0.2, 0) is 0 Å². The van der Waals surface area contributed by atoms with Crippen molar-refractivity contribution in [1.29, 1.82) is 0 Å². The van der Waals surface area contributed by atoms with Crippen molar-refractivity contribution in [1.82, 2.24) is 20.4 Å². The standard InChI is InChI=1S/C10H17N5OS/c1-15(2)10(4-3-5-10)6-12-7(16)8-13-14-9(11)17-8/h3-6H2,1-2H3,(H2,11,14)(H,12,16). The largest absolute Gasteiger partial charge is 0.374 e. The predicted octanol–water partition coefficient (Wildman–Crippen LogP) is 0.334. The van der Waals surface area contributed by atoms with E-state index < -0.39 is 0 Å². The summed E-state index contributed by atoms with van der Waals surface area (Å²) in [5.41, 5.74) is 5.56. The number of amides is 1. The van der Waals surface area contributed by atoms with Crippen molar-refractivity contribution >= 4 is 22.4 Å². The minimum atomic E-state index is -0.188. The van der Waals surface area contributed by atoms with Gasteiger partial charge in [-0.2, -0.15) is 0 Å². The van der Waals surface area contributed by atoms with Crippen molar-refractivity contribution in [2.45, 2.75) is 24.8 Å². The molecule has 1 amide bonds. The molecule has 0 unspecified atom stereocenters. The number of hydrogen-bond acceptors (Lipinski definition) is 6. The van der Waals surface area contributed by atoms with Gasteiger partial charge in [0.25, 0.3) is 5.91 Å². The first-order valence-corrected chi connectivity index (χ1v) is 6.40. The molecule has 1 aromatic heterocycles. The first-order chi connectivity index (χ1) is 8.03. The Morgan fingerprint density at radius 2 is 2.24 bits per heavy atom. The van der Waals surface area contributed by atoms with Gasteiger partial charge >= 0.3 is 0 Å². The van der Waals surface area contributed by atoms with Crippen LogP contribution in [0.4, 0.5) is 5.13 Å². The summed E-state index contributed by atoms with van der Waals surface area (Å²) < 4.78 is 0. The van der Waals surface area contributed by atoms with Crippen molar-refractivity contribution in [3.8, 4) is 0 Å². The molecule has 0 aromatic carbocycles. The second-order valence-electron chi connectivity index (χ2n) is 4.60. The summed E-state index contributed by atoms with van der Waals surface area (Å²) >= 11 is 1.11. The van der Waals surface area contributed by atoms with Gasteiger partial charge in [-0.1, -0.05) is 11.3 Å². The quantitative estimate of drug-likeness (QED) is 0.810. The lowest BCUT2D eigenvalue weighted by atomic mass is 9.75. The summed E-state index contributed by atoms with van der Waals surface area (Å²) in [6, 6.07) is 0. The number of nitrogens with zero attached hydrogens (tertiary/aromatic N) is 3. The number of carbonyl (C=O) groups is 1. The topological polar surface area (TPSA) is 84.1 Å². The van der Waals surface area contributed by atoms with Crippen LogP contribution < -0.4 is 11.1 Å². The fraction of sp³-hybridized carbons (Fsp3) is 0.700. The third kappa shape index (κ3) is 2.39. The van der Waals surface area contributed by atoms with Gasteiger partial charge < -0.3 is 16.0 Å². The summed E-state index contributed by atoms with van der Waals surface area (Å²) in [6.45, 7) is 0.651. The molecule has 1 fully saturated rings. The van der Waals surface area contributed by atoms with E-state index in [0.29, 0.717) is 16.7 Å². The first kappa shape index (κ1) is 12.3. The summed E-state index contributed by atoms with van der Waals surface area (Å²) in [4.78, 5) is 14.0. The Morgan fingerprint density at radius 1 is 1.53 bits per heavy atom. The number of nitrogens with two attached hydrogens (primary N) is 1. The third-order valence-electron chi connectivity index (χ3n) is 3.45. The number of aromatic nitrogens is 2. The third-order valence-corrected chi connectivity index (χ3v) is 4.20. The zero-order valence-corrected chi connectivity index (χ0v) is 10.9. The fourth-order valence-corrected chi connectivity index (χ4v) is 2.54. The Kier molecular flexibility index (Phi) is 3.30. The number of carbonyl (C=O) groups excluding carboxylic acids is 1. The van der Waals surface area contributed by atoms with Crippen LogP contribution in [-0.4, -0.2) is 47.2 Å². The normalized spacial score (nSPS) is 17.8. The summed E-state index contributed by atoms with van der Waals surface area (Å²) in [5, 5.41) is 10.9. The molecule has 0 atom stereocenters. The molecule has 0 bridgehead atoms. The molecular weight excluding hydrogens is 238 g/mol. The molecule has 0 spiro atoms. The number of likely N-dealkylation sites (N-methyl/N-ethyl adjacent to an activating group) is 1. The van der Waals surface area contributed by atoms with Crippen LogP contribution in [0.2, 0.25) is 0 Å². The van der Waals surface area contributed by atoms with E-state index in [4.69, 9.17) is 5.73 Å². The highest BCUT2D eigenvalue weighted by Gasteiger charge is 2.39. The molecule has 2 rings (SSSR count). The number of nitrogen functional groups attached to an aromatic ring is 1. The maximum atomic E-state index is 11.8.